The lowest BCUT2D eigenvalue weighted by Gasteiger charge is -2.19. The van der Waals surface area contributed by atoms with E-state index in [1.165, 1.54) is 12.1 Å². The van der Waals surface area contributed by atoms with Crippen LogP contribution in [0, 0.1) is 0 Å². The molecule has 0 fully saturated rings. The van der Waals surface area contributed by atoms with Crippen molar-refractivity contribution in [1.82, 2.24) is 14.5 Å². The minimum atomic E-state index is -3.69. The molecule has 4 rings (SSSR count). The summed E-state index contributed by atoms with van der Waals surface area (Å²) in [6.07, 6.45) is 3.49. The SMILES string of the molecule is O=S(=O)(NCc1ccccc1-n1cccn1)c1ccc2c(c1)OCCO2. The average molecular weight is 371 g/mol. The lowest BCUT2D eigenvalue weighted by atomic mass is 10.2. The molecule has 134 valence electrons. The van der Waals surface area contributed by atoms with E-state index in [-0.39, 0.29) is 11.4 Å². The van der Waals surface area contributed by atoms with Gasteiger partial charge in [0.05, 0.1) is 10.6 Å². The number of sulfonamides is 1. The van der Waals surface area contributed by atoms with E-state index < -0.39 is 10.0 Å². The second-order valence-electron chi connectivity index (χ2n) is 5.71. The minimum absolute atomic E-state index is 0.137. The summed E-state index contributed by atoms with van der Waals surface area (Å²) < 4.78 is 40.5. The van der Waals surface area contributed by atoms with Gasteiger partial charge in [-0.2, -0.15) is 5.10 Å². The topological polar surface area (TPSA) is 82.5 Å². The summed E-state index contributed by atoms with van der Waals surface area (Å²) in [7, 11) is -3.69. The smallest absolute Gasteiger partial charge is 0.241 e. The van der Waals surface area contributed by atoms with Gasteiger partial charge in [0.25, 0.3) is 0 Å². The van der Waals surface area contributed by atoms with Crippen LogP contribution < -0.4 is 14.2 Å². The van der Waals surface area contributed by atoms with Gasteiger partial charge >= 0.3 is 0 Å². The van der Waals surface area contributed by atoms with Gasteiger partial charge in [0.15, 0.2) is 11.5 Å². The Bertz CT molecular complexity index is 1020. The van der Waals surface area contributed by atoms with Gasteiger partial charge in [-0.1, -0.05) is 18.2 Å². The molecule has 3 aromatic rings. The van der Waals surface area contributed by atoms with Gasteiger partial charge < -0.3 is 9.47 Å². The number of hydrogen-bond donors (Lipinski definition) is 1. The standard InChI is InChI=1S/C18H17N3O4S/c22-26(23,15-6-7-17-18(12-15)25-11-10-24-17)20-13-14-4-1-2-5-16(14)21-9-3-8-19-21/h1-9,12,20H,10-11,13H2. The molecule has 1 aromatic heterocycles. The molecule has 0 atom stereocenters. The molecular formula is C18H17N3O4S. The highest BCUT2D eigenvalue weighted by atomic mass is 32.2. The maximum absolute atomic E-state index is 12.7. The zero-order valence-electron chi connectivity index (χ0n) is 13.8. The fourth-order valence-corrected chi connectivity index (χ4v) is 3.76. The molecule has 2 aromatic carbocycles. The predicted molar refractivity (Wildman–Crippen MR) is 95.0 cm³/mol. The minimum Gasteiger partial charge on any atom is -0.486 e. The predicted octanol–water partition coefficient (Wildman–Crippen LogP) is 2.12. The Labute approximate surface area is 151 Å². The molecule has 2 heterocycles. The van der Waals surface area contributed by atoms with E-state index in [0.29, 0.717) is 24.7 Å². The summed E-state index contributed by atoms with van der Waals surface area (Å²) in [6.45, 7) is 1.01. The molecular weight excluding hydrogens is 354 g/mol. The number of hydrogen-bond acceptors (Lipinski definition) is 5. The third kappa shape index (κ3) is 3.29. The van der Waals surface area contributed by atoms with Gasteiger partial charge in [0.2, 0.25) is 10.0 Å². The molecule has 0 saturated carbocycles. The average Bonchev–Trinajstić information content (AvgIpc) is 3.21. The zero-order valence-corrected chi connectivity index (χ0v) is 14.6. The largest absolute Gasteiger partial charge is 0.486 e. The van der Waals surface area contributed by atoms with Gasteiger partial charge in [-0.15, -0.1) is 0 Å². The quantitative estimate of drug-likeness (QED) is 0.743. The van der Waals surface area contributed by atoms with E-state index in [4.69, 9.17) is 9.47 Å². The Morgan fingerprint density at radius 1 is 1.04 bits per heavy atom. The number of nitrogens with zero attached hydrogens (tertiary/aromatic N) is 2. The molecule has 0 amide bonds. The number of rotatable bonds is 5. The number of para-hydroxylation sites is 1. The van der Waals surface area contributed by atoms with Crippen LogP contribution in [-0.2, 0) is 16.6 Å². The van der Waals surface area contributed by atoms with E-state index in [1.54, 1.807) is 16.9 Å². The Morgan fingerprint density at radius 2 is 1.85 bits per heavy atom. The molecule has 1 aliphatic rings. The molecule has 0 spiro atoms. The first kappa shape index (κ1) is 16.6. The number of nitrogens with one attached hydrogen (secondary N) is 1. The highest BCUT2D eigenvalue weighted by Crippen LogP contribution is 2.32. The molecule has 26 heavy (non-hydrogen) atoms. The van der Waals surface area contributed by atoms with Crippen LogP contribution in [-0.4, -0.2) is 31.4 Å². The maximum atomic E-state index is 12.7. The highest BCUT2D eigenvalue weighted by molar-refractivity contribution is 7.89. The van der Waals surface area contributed by atoms with E-state index in [1.807, 2.05) is 36.5 Å². The summed E-state index contributed by atoms with van der Waals surface area (Å²) in [5, 5.41) is 4.21. The lowest BCUT2D eigenvalue weighted by molar-refractivity contribution is 0.171. The summed E-state index contributed by atoms with van der Waals surface area (Å²) in [6, 6.07) is 13.9. The number of aromatic nitrogens is 2. The fourth-order valence-electron chi connectivity index (χ4n) is 2.74. The third-order valence-corrected chi connectivity index (χ3v) is 5.42. The molecule has 8 heteroatoms. The van der Waals surface area contributed by atoms with Gasteiger partial charge in [0, 0.05) is 25.0 Å². The zero-order chi connectivity index (χ0) is 18.0. The van der Waals surface area contributed by atoms with Crippen molar-refractivity contribution in [3.63, 3.8) is 0 Å². The summed E-state index contributed by atoms with van der Waals surface area (Å²) in [4.78, 5) is 0.137. The first-order valence-corrected chi connectivity index (χ1v) is 9.59. The number of fused-ring (bicyclic) bond motifs is 1. The van der Waals surface area contributed by atoms with Crippen LogP contribution in [0.15, 0.2) is 65.8 Å². The van der Waals surface area contributed by atoms with Crippen LogP contribution in [0.1, 0.15) is 5.56 Å². The Kier molecular flexibility index (Phi) is 4.36. The fraction of sp³-hybridized carbons (Fsp3) is 0.167. The molecule has 7 nitrogen and oxygen atoms in total. The summed E-state index contributed by atoms with van der Waals surface area (Å²) in [5.41, 5.74) is 1.64. The van der Waals surface area contributed by atoms with Gasteiger partial charge in [-0.25, -0.2) is 17.8 Å². The van der Waals surface area contributed by atoms with Crippen LogP contribution >= 0.6 is 0 Å². The van der Waals surface area contributed by atoms with E-state index >= 15 is 0 Å². The van der Waals surface area contributed by atoms with Crippen molar-refractivity contribution >= 4 is 10.0 Å². The Morgan fingerprint density at radius 3 is 2.65 bits per heavy atom. The van der Waals surface area contributed by atoms with E-state index in [0.717, 1.165) is 11.3 Å². The van der Waals surface area contributed by atoms with Crippen molar-refractivity contribution < 1.29 is 17.9 Å². The van der Waals surface area contributed by atoms with Crippen LogP contribution in [0.5, 0.6) is 11.5 Å². The monoisotopic (exact) mass is 371 g/mol. The molecule has 1 N–H and O–H groups in total. The molecule has 0 unspecified atom stereocenters. The summed E-state index contributed by atoms with van der Waals surface area (Å²) >= 11 is 0. The Balaban J connectivity index is 1.56. The molecule has 0 saturated heterocycles. The van der Waals surface area contributed by atoms with Gasteiger partial charge in [-0.3, -0.25) is 0 Å². The van der Waals surface area contributed by atoms with Crippen LogP contribution in [0.25, 0.3) is 5.69 Å². The molecule has 1 aliphatic heterocycles. The number of benzene rings is 2. The van der Waals surface area contributed by atoms with Gasteiger partial charge in [-0.05, 0) is 29.8 Å². The lowest BCUT2D eigenvalue weighted by Crippen LogP contribution is -2.24. The van der Waals surface area contributed by atoms with Crippen LogP contribution in [0.2, 0.25) is 0 Å². The first-order chi connectivity index (χ1) is 12.6. The molecule has 0 aliphatic carbocycles. The molecule has 0 radical (unpaired) electrons. The second kappa shape index (κ2) is 6.81. The van der Waals surface area contributed by atoms with Crippen molar-refractivity contribution in [2.75, 3.05) is 13.2 Å². The molecule has 0 bridgehead atoms. The number of ether oxygens (including phenoxy) is 2. The van der Waals surface area contributed by atoms with E-state index in [2.05, 4.69) is 9.82 Å². The van der Waals surface area contributed by atoms with Crippen molar-refractivity contribution in [3.8, 4) is 17.2 Å². The van der Waals surface area contributed by atoms with Gasteiger partial charge in [0.1, 0.15) is 13.2 Å². The normalized spacial score (nSPS) is 13.5. The van der Waals surface area contributed by atoms with Crippen molar-refractivity contribution in [1.29, 1.82) is 0 Å². The van der Waals surface area contributed by atoms with Crippen molar-refractivity contribution in [2.24, 2.45) is 0 Å². The first-order valence-electron chi connectivity index (χ1n) is 8.11. The van der Waals surface area contributed by atoms with Crippen molar-refractivity contribution in [2.45, 2.75) is 11.4 Å². The summed E-state index contributed by atoms with van der Waals surface area (Å²) in [5.74, 6) is 0.996. The second-order valence-corrected chi connectivity index (χ2v) is 7.48. The van der Waals surface area contributed by atoms with Crippen LogP contribution in [0.4, 0.5) is 0 Å². The van der Waals surface area contributed by atoms with E-state index in [9.17, 15) is 8.42 Å². The highest BCUT2D eigenvalue weighted by Gasteiger charge is 2.19. The van der Waals surface area contributed by atoms with Crippen LogP contribution in [0.3, 0.4) is 0 Å². The Hall–Kier alpha value is -2.84. The maximum Gasteiger partial charge on any atom is 0.241 e. The third-order valence-electron chi connectivity index (χ3n) is 4.02. The van der Waals surface area contributed by atoms with Crippen molar-refractivity contribution in [3.05, 3.63) is 66.5 Å².